The molecular weight excluding hydrogens is 302 g/mol. The summed E-state index contributed by atoms with van der Waals surface area (Å²) in [6, 6.07) is 9.68. The Kier molecular flexibility index (Phi) is 7.02. The Hall–Kier alpha value is -1.91. The summed E-state index contributed by atoms with van der Waals surface area (Å²) in [5.41, 5.74) is 0.649. The van der Waals surface area contributed by atoms with E-state index in [9.17, 15) is 13.2 Å². The highest BCUT2D eigenvalue weighted by Gasteiger charge is 2.25. The number of amides is 1. The Morgan fingerprint density at radius 3 is 2.45 bits per heavy atom. The van der Waals surface area contributed by atoms with Gasteiger partial charge in [0.25, 0.3) is 0 Å². The molecule has 1 aromatic carbocycles. The van der Waals surface area contributed by atoms with Crippen LogP contribution in [0.5, 0.6) is 0 Å². The largest absolute Gasteiger partial charge is 0.342 e. The van der Waals surface area contributed by atoms with E-state index in [4.69, 9.17) is 5.26 Å². The van der Waals surface area contributed by atoms with Gasteiger partial charge in [-0.05, 0) is 17.9 Å². The second-order valence-corrected chi connectivity index (χ2v) is 7.17. The molecule has 22 heavy (non-hydrogen) atoms. The summed E-state index contributed by atoms with van der Waals surface area (Å²) < 4.78 is 26.9. The van der Waals surface area contributed by atoms with E-state index < -0.39 is 22.0 Å². The minimum absolute atomic E-state index is 0.136. The number of hydrogen-bond acceptors (Lipinski definition) is 4. The average molecular weight is 323 g/mol. The van der Waals surface area contributed by atoms with Gasteiger partial charge in [-0.25, -0.2) is 13.1 Å². The zero-order chi connectivity index (χ0) is 16.6. The van der Waals surface area contributed by atoms with Gasteiger partial charge in [0.1, 0.15) is 12.6 Å². The molecule has 0 heterocycles. The van der Waals surface area contributed by atoms with Gasteiger partial charge < -0.3 is 5.32 Å². The van der Waals surface area contributed by atoms with E-state index in [1.54, 1.807) is 36.4 Å². The van der Waals surface area contributed by atoms with E-state index in [-0.39, 0.29) is 18.2 Å². The van der Waals surface area contributed by atoms with Crippen molar-refractivity contribution in [1.82, 2.24) is 10.0 Å². The normalized spacial score (nSPS) is 12.6. The quantitative estimate of drug-likeness (QED) is 0.701. The van der Waals surface area contributed by atoms with Crippen LogP contribution >= 0.6 is 0 Å². The van der Waals surface area contributed by atoms with Gasteiger partial charge in [-0.3, -0.25) is 4.79 Å². The van der Waals surface area contributed by atoms with Gasteiger partial charge in [-0.1, -0.05) is 44.2 Å². The van der Waals surface area contributed by atoms with E-state index in [1.807, 2.05) is 13.8 Å². The van der Waals surface area contributed by atoms with Gasteiger partial charge in [0, 0.05) is 0 Å². The second-order valence-electron chi connectivity index (χ2n) is 5.42. The lowest BCUT2D eigenvalue weighted by Crippen LogP contribution is -2.47. The van der Waals surface area contributed by atoms with Crippen LogP contribution in [0, 0.1) is 17.2 Å². The maximum Gasteiger partial charge on any atom is 0.239 e. The fourth-order valence-electron chi connectivity index (χ4n) is 1.98. The van der Waals surface area contributed by atoms with E-state index in [2.05, 4.69) is 10.0 Å². The van der Waals surface area contributed by atoms with Crippen LogP contribution in [0.25, 0.3) is 0 Å². The van der Waals surface area contributed by atoms with Crippen molar-refractivity contribution in [1.29, 1.82) is 5.26 Å². The van der Waals surface area contributed by atoms with Crippen LogP contribution < -0.4 is 10.0 Å². The Bertz CT molecular complexity index is 621. The first-order valence-corrected chi connectivity index (χ1v) is 8.68. The third-order valence-corrected chi connectivity index (χ3v) is 4.24. The predicted molar refractivity (Wildman–Crippen MR) is 84.1 cm³/mol. The first-order valence-electron chi connectivity index (χ1n) is 7.02. The highest BCUT2D eigenvalue weighted by molar-refractivity contribution is 7.88. The smallest absolute Gasteiger partial charge is 0.239 e. The van der Waals surface area contributed by atoms with Crippen molar-refractivity contribution in [3.8, 4) is 6.07 Å². The molecule has 0 saturated carbocycles. The zero-order valence-electron chi connectivity index (χ0n) is 12.7. The summed E-state index contributed by atoms with van der Waals surface area (Å²) in [5, 5.41) is 10.9. The van der Waals surface area contributed by atoms with Gasteiger partial charge in [0.15, 0.2) is 0 Å². The molecule has 0 unspecified atom stereocenters. The molecule has 0 fully saturated rings. The lowest BCUT2D eigenvalue weighted by Gasteiger charge is -2.19. The Morgan fingerprint density at radius 1 is 1.27 bits per heavy atom. The molecule has 0 aromatic heterocycles. The standard InChI is InChI=1S/C15H21N3O3S/c1-12(2)10-14(15(19)17-9-8-16)18-22(20,21)11-13-6-4-3-5-7-13/h3-7,12,14,18H,9-11H2,1-2H3,(H,17,19)/t14-/m0/s1. The van der Waals surface area contributed by atoms with Crippen LogP contribution in [0.15, 0.2) is 30.3 Å². The number of sulfonamides is 1. The van der Waals surface area contributed by atoms with Crippen LogP contribution in [0.1, 0.15) is 25.8 Å². The van der Waals surface area contributed by atoms with Crippen molar-refractivity contribution in [3.63, 3.8) is 0 Å². The molecule has 0 aliphatic heterocycles. The predicted octanol–water partition coefficient (Wildman–Crippen LogP) is 1.16. The molecule has 0 saturated heterocycles. The molecular formula is C15H21N3O3S. The lowest BCUT2D eigenvalue weighted by atomic mass is 10.0. The van der Waals surface area contributed by atoms with Crippen molar-refractivity contribution < 1.29 is 13.2 Å². The average Bonchev–Trinajstić information content (AvgIpc) is 2.43. The molecule has 0 aliphatic carbocycles. The fourth-order valence-corrected chi connectivity index (χ4v) is 3.33. The molecule has 0 radical (unpaired) electrons. The number of nitrogens with one attached hydrogen (secondary N) is 2. The zero-order valence-corrected chi connectivity index (χ0v) is 13.6. The van der Waals surface area contributed by atoms with Gasteiger partial charge >= 0.3 is 0 Å². The Labute approximate surface area is 131 Å². The summed E-state index contributed by atoms with van der Waals surface area (Å²) >= 11 is 0. The molecule has 7 heteroatoms. The SMILES string of the molecule is CC(C)C[C@H](NS(=O)(=O)Cc1ccccc1)C(=O)NCC#N. The molecule has 6 nitrogen and oxygen atoms in total. The summed E-state index contributed by atoms with van der Waals surface area (Å²) in [6.07, 6.45) is 0.366. The van der Waals surface area contributed by atoms with Gasteiger partial charge in [0.2, 0.25) is 15.9 Å². The van der Waals surface area contributed by atoms with Crippen LogP contribution in [0.3, 0.4) is 0 Å². The monoisotopic (exact) mass is 323 g/mol. The summed E-state index contributed by atoms with van der Waals surface area (Å²) in [4.78, 5) is 12.0. The number of benzene rings is 1. The number of rotatable bonds is 8. The van der Waals surface area contributed by atoms with Gasteiger partial charge in [-0.15, -0.1) is 0 Å². The number of nitriles is 1. The molecule has 1 rings (SSSR count). The second kappa shape index (κ2) is 8.51. The van der Waals surface area contributed by atoms with Crippen molar-refractivity contribution in [2.75, 3.05) is 6.54 Å². The van der Waals surface area contributed by atoms with Gasteiger partial charge in [-0.2, -0.15) is 5.26 Å². The van der Waals surface area contributed by atoms with Crippen LogP contribution in [0.2, 0.25) is 0 Å². The van der Waals surface area contributed by atoms with Crippen molar-refractivity contribution in [2.24, 2.45) is 5.92 Å². The molecule has 1 amide bonds. The minimum atomic E-state index is -3.64. The summed E-state index contributed by atoms with van der Waals surface area (Å²) in [6.45, 7) is 3.65. The van der Waals surface area contributed by atoms with E-state index >= 15 is 0 Å². The molecule has 0 aliphatic rings. The van der Waals surface area contributed by atoms with Crippen molar-refractivity contribution in [3.05, 3.63) is 35.9 Å². The number of hydrogen-bond donors (Lipinski definition) is 2. The third-order valence-electron chi connectivity index (χ3n) is 2.89. The maximum atomic E-state index is 12.2. The molecule has 0 bridgehead atoms. The first kappa shape index (κ1) is 18.1. The summed E-state index contributed by atoms with van der Waals surface area (Å²) in [7, 11) is -3.64. The Balaban J connectivity index is 2.79. The maximum absolute atomic E-state index is 12.2. The number of nitrogens with zero attached hydrogens (tertiary/aromatic N) is 1. The van der Waals surface area contributed by atoms with Crippen molar-refractivity contribution >= 4 is 15.9 Å². The third kappa shape index (κ3) is 6.70. The fraction of sp³-hybridized carbons (Fsp3) is 0.467. The van der Waals surface area contributed by atoms with Crippen molar-refractivity contribution in [2.45, 2.75) is 32.1 Å². The lowest BCUT2D eigenvalue weighted by molar-refractivity contribution is -0.122. The minimum Gasteiger partial charge on any atom is -0.342 e. The topological polar surface area (TPSA) is 99.1 Å². The summed E-state index contributed by atoms with van der Waals surface area (Å²) in [5.74, 6) is -0.530. The highest BCUT2D eigenvalue weighted by atomic mass is 32.2. The van der Waals surface area contributed by atoms with Crippen LogP contribution in [-0.4, -0.2) is 26.9 Å². The molecule has 0 spiro atoms. The number of carbonyl (C=O) groups is 1. The number of carbonyl (C=O) groups excluding carboxylic acids is 1. The molecule has 120 valence electrons. The van der Waals surface area contributed by atoms with Crippen LogP contribution in [-0.2, 0) is 20.6 Å². The molecule has 1 atom stereocenters. The van der Waals surface area contributed by atoms with Crippen LogP contribution in [0.4, 0.5) is 0 Å². The van der Waals surface area contributed by atoms with Gasteiger partial charge in [0.05, 0.1) is 11.8 Å². The Morgan fingerprint density at radius 2 is 1.91 bits per heavy atom. The van der Waals surface area contributed by atoms with E-state index in [0.717, 1.165) is 0 Å². The van der Waals surface area contributed by atoms with E-state index in [0.29, 0.717) is 12.0 Å². The molecule has 2 N–H and O–H groups in total. The highest BCUT2D eigenvalue weighted by Crippen LogP contribution is 2.09. The molecule has 1 aromatic rings. The first-order chi connectivity index (χ1) is 10.3. The van der Waals surface area contributed by atoms with E-state index in [1.165, 1.54) is 0 Å².